The number of benzene rings is 2. The molecule has 172 valence electrons. The van der Waals surface area contributed by atoms with Crippen molar-refractivity contribution in [1.29, 1.82) is 0 Å². The molecule has 0 saturated carbocycles. The van der Waals surface area contributed by atoms with Gasteiger partial charge >= 0.3 is 0 Å². The Bertz CT molecular complexity index is 1190. The third kappa shape index (κ3) is 5.08. The maximum atomic E-state index is 13.9. The number of nitrogens with one attached hydrogen (secondary N) is 2. The maximum absolute atomic E-state index is 13.9. The number of hydrogen-bond donors (Lipinski definition) is 2. The Kier molecular flexibility index (Phi) is 6.78. The first kappa shape index (κ1) is 22.6. The van der Waals surface area contributed by atoms with Crippen LogP contribution in [0.4, 0.5) is 10.1 Å². The average molecular weight is 472 g/mol. The Morgan fingerprint density at radius 1 is 1.18 bits per heavy atom. The number of amides is 2. The number of halogens is 1. The lowest BCUT2D eigenvalue weighted by atomic mass is 10.2. The van der Waals surface area contributed by atoms with Gasteiger partial charge in [0.15, 0.2) is 22.5 Å². The summed E-state index contributed by atoms with van der Waals surface area (Å²) in [6.45, 7) is 4.36. The quantitative estimate of drug-likeness (QED) is 0.485. The number of anilines is 1. The van der Waals surface area contributed by atoms with E-state index in [0.29, 0.717) is 34.7 Å². The van der Waals surface area contributed by atoms with Crippen molar-refractivity contribution in [3.8, 4) is 11.5 Å². The van der Waals surface area contributed by atoms with E-state index in [9.17, 15) is 14.0 Å². The van der Waals surface area contributed by atoms with Gasteiger partial charge in [-0.3, -0.25) is 9.59 Å². The zero-order valence-corrected chi connectivity index (χ0v) is 18.8. The van der Waals surface area contributed by atoms with Crippen molar-refractivity contribution >= 4 is 29.3 Å². The van der Waals surface area contributed by atoms with E-state index in [2.05, 4.69) is 20.8 Å². The van der Waals surface area contributed by atoms with E-state index in [0.717, 1.165) is 0 Å². The number of thioether (sulfide) groups is 1. The first-order valence-electron chi connectivity index (χ1n) is 10.3. The van der Waals surface area contributed by atoms with Crippen LogP contribution in [0.2, 0.25) is 0 Å². The third-order valence-electron chi connectivity index (χ3n) is 4.90. The second kappa shape index (κ2) is 9.90. The molecule has 0 saturated heterocycles. The predicted molar refractivity (Wildman–Crippen MR) is 120 cm³/mol. The van der Waals surface area contributed by atoms with Crippen LogP contribution < -0.4 is 20.1 Å². The van der Waals surface area contributed by atoms with Gasteiger partial charge in [-0.2, -0.15) is 0 Å². The Balaban J connectivity index is 1.37. The predicted octanol–water partition coefficient (Wildman–Crippen LogP) is 3.39. The van der Waals surface area contributed by atoms with Gasteiger partial charge in [0.25, 0.3) is 5.91 Å². The third-order valence-corrected chi connectivity index (χ3v) is 5.87. The number of ether oxygens (including phenoxy) is 2. The van der Waals surface area contributed by atoms with E-state index >= 15 is 0 Å². The summed E-state index contributed by atoms with van der Waals surface area (Å²) < 4.78 is 26.3. The molecule has 1 aromatic heterocycles. The zero-order valence-electron chi connectivity index (χ0n) is 18.0. The van der Waals surface area contributed by atoms with Gasteiger partial charge in [-0.05, 0) is 38.1 Å². The molecule has 2 amide bonds. The van der Waals surface area contributed by atoms with E-state index in [-0.39, 0.29) is 24.0 Å². The van der Waals surface area contributed by atoms with Crippen molar-refractivity contribution in [2.24, 2.45) is 0 Å². The molecule has 0 spiro atoms. The van der Waals surface area contributed by atoms with Crippen LogP contribution in [0.15, 0.2) is 47.6 Å². The summed E-state index contributed by atoms with van der Waals surface area (Å²) >= 11 is 1.23. The van der Waals surface area contributed by atoms with Gasteiger partial charge in [0, 0.05) is 18.3 Å². The number of rotatable bonds is 8. The summed E-state index contributed by atoms with van der Waals surface area (Å²) in [6, 6.07) is 10.4. The number of fused-ring (bicyclic) bond motifs is 1. The standard InChI is InChI=1S/C22H22FN5O4S/c1-3-28-20(13(2)24-21(30)15-6-4-5-7-16(15)23)26-27-22(28)33-11-19(29)25-14-8-9-17-18(10-14)32-12-31-17/h4-10,13H,3,11-12H2,1-2H3,(H,24,30)(H,25,29)/t13-/m0/s1. The lowest BCUT2D eigenvalue weighted by Gasteiger charge is -2.15. The van der Waals surface area contributed by atoms with Crippen LogP contribution >= 0.6 is 11.8 Å². The largest absolute Gasteiger partial charge is 0.454 e. The van der Waals surface area contributed by atoms with Gasteiger partial charge in [-0.1, -0.05) is 23.9 Å². The van der Waals surface area contributed by atoms with Crippen LogP contribution in [0, 0.1) is 5.82 Å². The molecule has 0 aliphatic carbocycles. The fourth-order valence-corrected chi connectivity index (χ4v) is 4.12. The van der Waals surface area contributed by atoms with Crippen LogP contribution in [0.3, 0.4) is 0 Å². The smallest absolute Gasteiger partial charge is 0.254 e. The molecule has 1 aliphatic rings. The van der Waals surface area contributed by atoms with Gasteiger partial charge in [-0.15, -0.1) is 10.2 Å². The first-order valence-corrected chi connectivity index (χ1v) is 11.3. The summed E-state index contributed by atoms with van der Waals surface area (Å²) in [5, 5.41) is 14.4. The zero-order chi connectivity index (χ0) is 23.4. The van der Waals surface area contributed by atoms with Crippen LogP contribution in [-0.2, 0) is 11.3 Å². The second-order valence-electron chi connectivity index (χ2n) is 7.16. The first-order chi connectivity index (χ1) is 16.0. The van der Waals surface area contributed by atoms with Crippen molar-refractivity contribution in [3.05, 3.63) is 59.7 Å². The lowest BCUT2D eigenvalue weighted by molar-refractivity contribution is -0.113. The minimum absolute atomic E-state index is 0.0401. The van der Waals surface area contributed by atoms with Gasteiger partial charge < -0.3 is 24.7 Å². The van der Waals surface area contributed by atoms with Crippen molar-refractivity contribution in [2.45, 2.75) is 31.6 Å². The monoisotopic (exact) mass is 471 g/mol. The number of nitrogens with zero attached hydrogens (tertiary/aromatic N) is 3. The fraction of sp³-hybridized carbons (Fsp3) is 0.273. The highest BCUT2D eigenvalue weighted by Gasteiger charge is 2.21. The van der Waals surface area contributed by atoms with Crippen molar-refractivity contribution in [3.63, 3.8) is 0 Å². The van der Waals surface area contributed by atoms with E-state index in [4.69, 9.17) is 9.47 Å². The Morgan fingerprint density at radius 3 is 2.76 bits per heavy atom. The minimum atomic E-state index is -0.594. The summed E-state index contributed by atoms with van der Waals surface area (Å²) in [6.07, 6.45) is 0. The molecule has 9 nitrogen and oxygen atoms in total. The van der Waals surface area contributed by atoms with Crippen molar-refractivity contribution < 1.29 is 23.5 Å². The highest BCUT2D eigenvalue weighted by molar-refractivity contribution is 7.99. The van der Waals surface area contributed by atoms with Gasteiger partial charge in [0.2, 0.25) is 12.7 Å². The molecular weight excluding hydrogens is 449 g/mol. The minimum Gasteiger partial charge on any atom is -0.454 e. The van der Waals surface area contributed by atoms with Crippen LogP contribution in [0.25, 0.3) is 0 Å². The summed E-state index contributed by atoms with van der Waals surface area (Å²) in [5.74, 6) is 0.507. The molecule has 2 heterocycles. The average Bonchev–Trinajstić information content (AvgIpc) is 3.44. The van der Waals surface area contributed by atoms with E-state index in [1.165, 1.54) is 30.0 Å². The van der Waals surface area contributed by atoms with Crippen molar-refractivity contribution in [1.82, 2.24) is 20.1 Å². The molecule has 2 N–H and O–H groups in total. The number of carbonyl (C=O) groups excluding carboxylic acids is 2. The number of hydrogen-bond acceptors (Lipinski definition) is 7. The molecule has 4 rings (SSSR count). The summed E-state index contributed by atoms with van der Waals surface area (Å²) in [5.41, 5.74) is 0.564. The number of aromatic nitrogens is 3. The van der Waals surface area contributed by atoms with E-state index in [1.807, 2.05) is 11.5 Å². The summed E-state index contributed by atoms with van der Waals surface area (Å²) in [7, 11) is 0. The van der Waals surface area contributed by atoms with Gasteiger partial charge in [0.1, 0.15) is 5.82 Å². The SMILES string of the molecule is CCn1c(SCC(=O)Nc2ccc3c(c2)OCO3)nnc1[C@H](C)NC(=O)c1ccccc1F. The fourth-order valence-electron chi connectivity index (χ4n) is 3.31. The van der Waals surface area contributed by atoms with Gasteiger partial charge in [-0.25, -0.2) is 4.39 Å². The van der Waals surface area contributed by atoms with Crippen LogP contribution in [-0.4, -0.2) is 39.1 Å². The molecule has 1 atom stereocenters. The molecule has 0 radical (unpaired) electrons. The summed E-state index contributed by atoms with van der Waals surface area (Å²) in [4.78, 5) is 24.8. The van der Waals surface area contributed by atoms with E-state index < -0.39 is 17.8 Å². The molecule has 33 heavy (non-hydrogen) atoms. The molecule has 1 aliphatic heterocycles. The molecular formula is C22H22FN5O4S. The van der Waals surface area contributed by atoms with E-state index in [1.54, 1.807) is 31.2 Å². The van der Waals surface area contributed by atoms with Crippen LogP contribution in [0.5, 0.6) is 11.5 Å². The normalized spacial score (nSPS) is 12.9. The van der Waals surface area contributed by atoms with Crippen molar-refractivity contribution in [2.75, 3.05) is 17.9 Å². The topological polar surface area (TPSA) is 107 Å². The molecule has 0 fully saturated rings. The van der Waals surface area contributed by atoms with Gasteiger partial charge in [0.05, 0.1) is 17.4 Å². The molecule has 3 aromatic rings. The maximum Gasteiger partial charge on any atom is 0.254 e. The highest BCUT2D eigenvalue weighted by Crippen LogP contribution is 2.34. The van der Waals surface area contributed by atoms with Crippen LogP contribution in [0.1, 0.15) is 36.1 Å². The molecule has 11 heteroatoms. The number of carbonyl (C=O) groups is 2. The second-order valence-corrected chi connectivity index (χ2v) is 8.11. The Morgan fingerprint density at radius 2 is 1.97 bits per heavy atom. The molecule has 0 unspecified atom stereocenters. The Hall–Kier alpha value is -3.60. The lowest BCUT2D eigenvalue weighted by Crippen LogP contribution is -2.29. The Labute approximate surface area is 193 Å². The molecule has 2 aromatic carbocycles. The molecule has 0 bridgehead atoms. The highest BCUT2D eigenvalue weighted by atomic mass is 32.2.